The number of amides is 1. The van der Waals surface area contributed by atoms with Crippen molar-refractivity contribution in [3.05, 3.63) is 23.8 Å². The van der Waals surface area contributed by atoms with Crippen LogP contribution >= 0.6 is 0 Å². The second kappa shape index (κ2) is 8.04. The fraction of sp³-hybridized carbons (Fsp3) is 0.556. The zero-order chi connectivity index (χ0) is 17.6. The van der Waals surface area contributed by atoms with Gasteiger partial charge in [0.25, 0.3) is 0 Å². The minimum atomic E-state index is -0.814. The van der Waals surface area contributed by atoms with Gasteiger partial charge in [0.2, 0.25) is 5.91 Å². The van der Waals surface area contributed by atoms with Gasteiger partial charge in [-0.2, -0.15) is 0 Å². The number of aliphatic carboxylic acids is 1. The molecular weight excluding hydrogens is 310 g/mol. The first-order valence-electron chi connectivity index (χ1n) is 8.22. The molecule has 0 bridgehead atoms. The van der Waals surface area contributed by atoms with Gasteiger partial charge >= 0.3 is 5.97 Å². The SMILES string of the molecule is COc1ccc(CC(=O)NCC2(C(=O)O)CCCCC2)cc1OC. The lowest BCUT2D eigenvalue weighted by molar-refractivity contribution is -0.151. The highest BCUT2D eigenvalue weighted by Crippen LogP contribution is 2.36. The maximum Gasteiger partial charge on any atom is 0.311 e. The average Bonchev–Trinajstić information content (AvgIpc) is 2.60. The maximum absolute atomic E-state index is 12.2. The topological polar surface area (TPSA) is 84.9 Å². The van der Waals surface area contributed by atoms with Gasteiger partial charge in [-0.3, -0.25) is 9.59 Å². The van der Waals surface area contributed by atoms with Crippen molar-refractivity contribution in [2.75, 3.05) is 20.8 Å². The molecule has 0 heterocycles. The van der Waals surface area contributed by atoms with Gasteiger partial charge in [-0.25, -0.2) is 0 Å². The molecule has 0 atom stereocenters. The Morgan fingerprint density at radius 1 is 1.12 bits per heavy atom. The lowest BCUT2D eigenvalue weighted by Gasteiger charge is -2.33. The molecule has 6 nitrogen and oxygen atoms in total. The molecule has 1 aromatic rings. The summed E-state index contributed by atoms with van der Waals surface area (Å²) in [5.41, 5.74) is -0.0240. The van der Waals surface area contributed by atoms with Crippen LogP contribution in [-0.2, 0) is 16.0 Å². The van der Waals surface area contributed by atoms with Crippen molar-refractivity contribution in [2.24, 2.45) is 5.41 Å². The highest BCUT2D eigenvalue weighted by Gasteiger charge is 2.39. The largest absolute Gasteiger partial charge is 0.493 e. The highest BCUT2D eigenvalue weighted by atomic mass is 16.5. The number of rotatable bonds is 7. The second-order valence-electron chi connectivity index (χ2n) is 6.29. The Bertz CT molecular complexity index is 593. The van der Waals surface area contributed by atoms with Crippen molar-refractivity contribution in [1.29, 1.82) is 0 Å². The lowest BCUT2D eigenvalue weighted by atomic mass is 9.74. The smallest absolute Gasteiger partial charge is 0.311 e. The van der Waals surface area contributed by atoms with Crippen molar-refractivity contribution in [1.82, 2.24) is 5.32 Å². The molecule has 1 aromatic carbocycles. The van der Waals surface area contributed by atoms with Crippen LogP contribution in [0.4, 0.5) is 0 Å². The molecule has 132 valence electrons. The molecule has 1 fully saturated rings. The van der Waals surface area contributed by atoms with Gasteiger partial charge in [0.1, 0.15) is 0 Å². The van der Waals surface area contributed by atoms with Crippen molar-refractivity contribution in [2.45, 2.75) is 38.5 Å². The molecule has 0 saturated heterocycles. The number of benzene rings is 1. The molecule has 0 unspecified atom stereocenters. The molecular formula is C18H25NO5. The van der Waals surface area contributed by atoms with Crippen LogP contribution in [0.3, 0.4) is 0 Å². The number of hydrogen-bond donors (Lipinski definition) is 2. The van der Waals surface area contributed by atoms with Crippen LogP contribution in [0.15, 0.2) is 18.2 Å². The summed E-state index contributed by atoms with van der Waals surface area (Å²) in [4.78, 5) is 23.8. The Balaban J connectivity index is 1.96. The van der Waals surface area contributed by atoms with Crippen LogP contribution in [0.2, 0.25) is 0 Å². The number of carboxylic acid groups (broad SMARTS) is 1. The summed E-state index contributed by atoms with van der Waals surface area (Å²) in [5.74, 6) is 0.174. The molecule has 24 heavy (non-hydrogen) atoms. The molecule has 0 aliphatic heterocycles. The average molecular weight is 335 g/mol. The van der Waals surface area contributed by atoms with Crippen molar-refractivity contribution in [3.8, 4) is 11.5 Å². The first kappa shape index (κ1) is 18.1. The van der Waals surface area contributed by atoms with Gasteiger partial charge in [0, 0.05) is 6.54 Å². The first-order valence-corrected chi connectivity index (χ1v) is 8.22. The number of carbonyl (C=O) groups is 2. The Morgan fingerprint density at radius 2 is 1.79 bits per heavy atom. The Morgan fingerprint density at radius 3 is 2.38 bits per heavy atom. The normalized spacial score (nSPS) is 16.2. The van der Waals surface area contributed by atoms with Crippen LogP contribution < -0.4 is 14.8 Å². The van der Waals surface area contributed by atoms with E-state index >= 15 is 0 Å². The first-order chi connectivity index (χ1) is 11.5. The molecule has 1 aliphatic rings. The minimum absolute atomic E-state index is 0.177. The fourth-order valence-electron chi connectivity index (χ4n) is 3.20. The van der Waals surface area contributed by atoms with E-state index in [4.69, 9.17) is 9.47 Å². The molecule has 0 spiro atoms. The molecule has 1 saturated carbocycles. The molecule has 6 heteroatoms. The summed E-state index contributed by atoms with van der Waals surface area (Å²) in [7, 11) is 3.10. The zero-order valence-corrected chi connectivity index (χ0v) is 14.3. The number of methoxy groups -OCH3 is 2. The van der Waals surface area contributed by atoms with Gasteiger partial charge in [0.15, 0.2) is 11.5 Å². The van der Waals surface area contributed by atoms with E-state index in [0.29, 0.717) is 24.3 Å². The molecule has 1 amide bonds. The summed E-state index contributed by atoms with van der Waals surface area (Å²) >= 11 is 0. The summed E-state index contributed by atoms with van der Waals surface area (Å²) < 4.78 is 10.4. The Hall–Kier alpha value is -2.24. The van der Waals surface area contributed by atoms with Gasteiger partial charge in [-0.1, -0.05) is 25.3 Å². The minimum Gasteiger partial charge on any atom is -0.493 e. The molecule has 2 rings (SSSR count). The molecule has 0 radical (unpaired) electrons. The number of nitrogens with one attached hydrogen (secondary N) is 1. The lowest BCUT2D eigenvalue weighted by Crippen LogP contribution is -2.44. The van der Waals surface area contributed by atoms with E-state index in [1.807, 2.05) is 0 Å². The van der Waals surface area contributed by atoms with Gasteiger partial charge in [0.05, 0.1) is 26.1 Å². The van der Waals surface area contributed by atoms with Crippen LogP contribution in [-0.4, -0.2) is 37.7 Å². The molecule has 0 aromatic heterocycles. The number of hydrogen-bond acceptors (Lipinski definition) is 4. The maximum atomic E-state index is 12.2. The predicted octanol–water partition coefficient (Wildman–Crippen LogP) is 2.40. The van der Waals surface area contributed by atoms with E-state index in [2.05, 4.69) is 5.32 Å². The predicted molar refractivity (Wildman–Crippen MR) is 89.4 cm³/mol. The monoisotopic (exact) mass is 335 g/mol. The number of ether oxygens (including phenoxy) is 2. The van der Waals surface area contributed by atoms with Gasteiger partial charge < -0.3 is 19.9 Å². The Labute approximate surface area is 142 Å². The zero-order valence-electron chi connectivity index (χ0n) is 14.3. The van der Waals surface area contributed by atoms with E-state index < -0.39 is 11.4 Å². The van der Waals surface area contributed by atoms with Crippen LogP contribution in [0.5, 0.6) is 11.5 Å². The summed E-state index contributed by atoms with van der Waals surface area (Å²) in [5, 5.41) is 12.3. The summed E-state index contributed by atoms with van der Waals surface area (Å²) in [6.07, 6.45) is 4.29. The highest BCUT2D eigenvalue weighted by molar-refractivity contribution is 5.81. The second-order valence-corrected chi connectivity index (χ2v) is 6.29. The van der Waals surface area contributed by atoms with Crippen LogP contribution in [0.1, 0.15) is 37.7 Å². The summed E-state index contributed by atoms with van der Waals surface area (Å²) in [6, 6.07) is 5.31. The van der Waals surface area contributed by atoms with E-state index in [0.717, 1.165) is 24.8 Å². The van der Waals surface area contributed by atoms with Gasteiger partial charge in [-0.05, 0) is 30.5 Å². The standard InChI is InChI=1S/C18H25NO5/c1-23-14-7-6-13(10-15(14)24-2)11-16(20)19-12-18(17(21)22)8-4-3-5-9-18/h6-7,10H,3-5,8-9,11-12H2,1-2H3,(H,19,20)(H,21,22). The molecule has 1 aliphatic carbocycles. The van der Waals surface area contributed by atoms with E-state index in [1.165, 1.54) is 0 Å². The third kappa shape index (κ3) is 4.19. The quantitative estimate of drug-likeness (QED) is 0.799. The molecule has 2 N–H and O–H groups in total. The number of carbonyl (C=O) groups excluding carboxylic acids is 1. The van der Waals surface area contributed by atoms with Crippen LogP contribution in [0, 0.1) is 5.41 Å². The number of carboxylic acids is 1. The van der Waals surface area contributed by atoms with Crippen LogP contribution in [0.25, 0.3) is 0 Å². The van der Waals surface area contributed by atoms with Crippen molar-refractivity contribution in [3.63, 3.8) is 0 Å². The van der Waals surface area contributed by atoms with Gasteiger partial charge in [-0.15, -0.1) is 0 Å². The Kier molecular flexibility index (Phi) is 6.06. The third-order valence-corrected chi connectivity index (χ3v) is 4.70. The third-order valence-electron chi connectivity index (χ3n) is 4.70. The summed E-state index contributed by atoms with van der Waals surface area (Å²) in [6.45, 7) is 0.189. The fourth-order valence-corrected chi connectivity index (χ4v) is 3.20. The van der Waals surface area contributed by atoms with E-state index in [-0.39, 0.29) is 18.9 Å². The van der Waals surface area contributed by atoms with E-state index in [9.17, 15) is 14.7 Å². The van der Waals surface area contributed by atoms with Crippen molar-refractivity contribution >= 4 is 11.9 Å². The van der Waals surface area contributed by atoms with Crippen molar-refractivity contribution < 1.29 is 24.2 Å². The van der Waals surface area contributed by atoms with E-state index in [1.54, 1.807) is 32.4 Å².